The second-order valence-electron chi connectivity index (χ2n) is 7.24. The van der Waals surface area contributed by atoms with Crippen molar-refractivity contribution in [3.8, 4) is 0 Å². The van der Waals surface area contributed by atoms with Gasteiger partial charge in [0.05, 0.1) is 6.10 Å². The fourth-order valence-electron chi connectivity index (χ4n) is 3.61. The number of aliphatic hydroxyl groups excluding tert-OH is 3. The van der Waals surface area contributed by atoms with Crippen LogP contribution in [0.2, 0.25) is 0 Å². The molecule has 1 saturated carbocycles. The van der Waals surface area contributed by atoms with Gasteiger partial charge in [0, 0.05) is 0 Å². The first-order valence-corrected chi connectivity index (χ1v) is 8.30. The Labute approximate surface area is 136 Å². The summed E-state index contributed by atoms with van der Waals surface area (Å²) in [6.45, 7) is 6.34. The molecule has 1 aliphatic carbocycles. The molecule has 0 amide bonds. The Hall–Kier alpha value is -0.730. The van der Waals surface area contributed by atoms with E-state index in [0.717, 1.165) is 19.3 Å². The van der Waals surface area contributed by atoms with E-state index in [1.807, 2.05) is 0 Å². The van der Waals surface area contributed by atoms with Crippen LogP contribution in [0.15, 0.2) is 0 Å². The Kier molecular flexibility index (Phi) is 6.02. The first-order chi connectivity index (χ1) is 10.7. The van der Waals surface area contributed by atoms with Crippen LogP contribution < -0.4 is 0 Å². The maximum atomic E-state index is 11.1. The van der Waals surface area contributed by atoms with Crippen molar-refractivity contribution in [3.63, 3.8) is 0 Å². The van der Waals surface area contributed by atoms with Gasteiger partial charge >= 0.3 is 5.97 Å². The molecule has 0 aromatic rings. The SMILES string of the molecule is CC(C)[C@H]1CC[C@@H](C)C[C@@H]1O[C@H]1O[C@H](C(=O)O)[C@@H](O)[C@H](O)[C@H]1O. The minimum atomic E-state index is -1.69. The van der Waals surface area contributed by atoms with Crippen LogP contribution >= 0.6 is 0 Å². The molecule has 0 bridgehead atoms. The highest BCUT2D eigenvalue weighted by molar-refractivity contribution is 5.73. The van der Waals surface area contributed by atoms with Crippen LogP contribution in [-0.2, 0) is 14.3 Å². The standard InChI is InChI=1S/C16H28O7/c1-7(2)9-5-4-8(3)6-10(9)22-16-13(19)11(17)12(18)14(23-16)15(20)21/h7-14,16-19H,4-6H2,1-3H3,(H,20,21)/t8-,9-,10+,11+,12+,13-,14+,16+/m1/s1. The third kappa shape index (κ3) is 4.03. The van der Waals surface area contributed by atoms with E-state index in [0.29, 0.717) is 11.8 Å². The molecule has 4 N–H and O–H groups in total. The number of ether oxygens (including phenoxy) is 2. The molecular weight excluding hydrogens is 304 g/mol. The van der Waals surface area contributed by atoms with Crippen molar-refractivity contribution in [3.05, 3.63) is 0 Å². The van der Waals surface area contributed by atoms with Gasteiger partial charge in [-0.2, -0.15) is 0 Å². The summed E-state index contributed by atoms with van der Waals surface area (Å²) in [5, 5.41) is 38.7. The molecule has 0 aromatic carbocycles. The molecule has 1 saturated heterocycles. The minimum Gasteiger partial charge on any atom is -0.479 e. The fraction of sp³-hybridized carbons (Fsp3) is 0.938. The Morgan fingerprint density at radius 2 is 1.78 bits per heavy atom. The summed E-state index contributed by atoms with van der Waals surface area (Å²) in [4.78, 5) is 11.1. The summed E-state index contributed by atoms with van der Waals surface area (Å²) < 4.78 is 11.1. The maximum absolute atomic E-state index is 11.1. The quantitative estimate of drug-likeness (QED) is 0.587. The molecule has 2 aliphatic rings. The van der Waals surface area contributed by atoms with Gasteiger partial charge in [-0.25, -0.2) is 4.79 Å². The zero-order chi connectivity index (χ0) is 17.3. The van der Waals surface area contributed by atoms with Crippen LogP contribution in [0.4, 0.5) is 0 Å². The van der Waals surface area contributed by atoms with Crippen molar-refractivity contribution < 1.29 is 34.7 Å². The highest BCUT2D eigenvalue weighted by Gasteiger charge is 2.48. The second kappa shape index (κ2) is 7.44. The average molecular weight is 332 g/mol. The summed E-state index contributed by atoms with van der Waals surface area (Å²) in [7, 11) is 0. The van der Waals surface area contributed by atoms with E-state index in [-0.39, 0.29) is 12.0 Å². The van der Waals surface area contributed by atoms with Crippen molar-refractivity contribution in [2.45, 2.75) is 76.8 Å². The summed E-state index contributed by atoms with van der Waals surface area (Å²) in [6.07, 6.45) is -4.92. The molecule has 0 aromatic heterocycles. The van der Waals surface area contributed by atoms with Crippen molar-refractivity contribution in [2.24, 2.45) is 17.8 Å². The zero-order valence-corrected chi connectivity index (χ0v) is 13.8. The highest BCUT2D eigenvalue weighted by Crippen LogP contribution is 2.37. The van der Waals surface area contributed by atoms with Crippen LogP contribution in [0, 0.1) is 17.8 Å². The third-order valence-electron chi connectivity index (χ3n) is 5.08. The molecular formula is C16H28O7. The zero-order valence-electron chi connectivity index (χ0n) is 13.8. The molecule has 134 valence electrons. The number of aliphatic carboxylic acids is 1. The lowest BCUT2D eigenvalue weighted by atomic mass is 9.75. The molecule has 1 heterocycles. The van der Waals surface area contributed by atoms with E-state index in [1.54, 1.807) is 0 Å². The van der Waals surface area contributed by atoms with Gasteiger partial charge in [-0.05, 0) is 30.6 Å². The molecule has 1 aliphatic heterocycles. The molecule has 23 heavy (non-hydrogen) atoms. The molecule has 2 rings (SSSR count). The van der Waals surface area contributed by atoms with Crippen LogP contribution in [-0.4, -0.2) is 63.2 Å². The van der Waals surface area contributed by atoms with Crippen LogP contribution in [0.1, 0.15) is 40.0 Å². The number of carboxylic acid groups (broad SMARTS) is 1. The highest BCUT2D eigenvalue weighted by atomic mass is 16.7. The Morgan fingerprint density at radius 1 is 1.13 bits per heavy atom. The van der Waals surface area contributed by atoms with Gasteiger partial charge in [-0.3, -0.25) is 0 Å². The molecule has 7 nitrogen and oxygen atoms in total. The van der Waals surface area contributed by atoms with Gasteiger partial charge in [0.1, 0.15) is 18.3 Å². The molecule has 8 atom stereocenters. The van der Waals surface area contributed by atoms with E-state index in [2.05, 4.69) is 20.8 Å². The summed E-state index contributed by atoms with van der Waals surface area (Å²) in [5.74, 6) is -0.246. The lowest BCUT2D eigenvalue weighted by Crippen LogP contribution is -2.61. The summed E-state index contributed by atoms with van der Waals surface area (Å²) in [6, 6.07) is 0. The van der Waals surface area contributed by atoms with Gasteiger partial charge < -0.3 is 29.9 Å². The molecule has 2 fully saturated rings. The van der Waals surface area contributed by atoms with Crippen LogP contribution in [0.5, 0.6) is 0 Å². The third-order valence-corrected chi connectivity index (χ3v) is 5.08. The monoisotopic (exact) mass is 332 g/mol. The molecule has 0 spiro atoms. The normalized spacial score (nSPS) is 45.2. The van der Waals surface area contributed by atoms with Gasteiger partial charge in [0.15, 0.2) is 12.4 Å². The smallest absolute Gasteiger partial charge is 0.335 e. The van der Waals surface area contributed by atoms with Crippen molar-refractivity contribution in [2.75, 3.05) is 0 Å². The van der Waals surface area contributed by atoms with Gasteiger partial charge in [-0.15, -0.1) is 0 Å². The lowest BCUT2D eigenvalue weighted by Gasteiger charge is -2.43. The van der Waals surface area contributed by atoms with E-state index >= 15 is 0 Å². The molecule has 7 heteroatoms. The van der Waals surface area contributed by atoms with Crippen LogP contribution in [0.25, 0.3) is 0 Å². The van der Waals surface area contributed by atoms with Crippen LogP contribution in [0.3, 0.4) is 0 Å². The topological polar surface area (TPSA) is 116 Å². The van der Waals surface area contributed by atoms with E-state index in [9.17, 15) is 20.1 Å². The van der Waals surface area contributed by atoms with E-state index < -0.39 is 36.7 Å². The second-order valence-corrected chi connectivity index (χ2v) is 7.24. The van der Waals surface area contributed by atoms with Gasteiger partial charge in [-0.1, -0.05) is 27.2 Å². The average Bonchev–Trinajstić information content (AvgIpc) is 2.47. The largest absolute Gasteiger partial charge is 0.479 e. The Morgan fingerprint density at radius 3 is 2.35 bits per heavy atom. The van der Waals surface area contributed by atoms with E-state index in [4.69, 9.17) is 14.6 Å². The minimum absolute atomic E-state index is 0.171. The van der Waals surface area contributed by atoms with E-state index in [1.165, 1.54) is 0 Å². The number of carbonyl (C=O) groups is 1. The molecule has 0 unspecified atom stereocenters. The number of hydrogen-bond donors (Lipinski definition) is 4. The fourth-order valence-corrected chi connectivity index (χ4v) is 3.61. The van der Waals surface area contributed by atoms with Crippen molar-refractivity contribution >= 4 is 5.97 Å². The number of rotatable bonds is 4. The Bertz CT molecular complexity index is 413. The summed E-state index contributed by atoms with van der Waals surface area (Å²) >= 11 is 0. The first-order valence-electron chi connectivity index (χ1n) is 8.30. The lowest BCUT2D eigenvalue weighted by molar-refractivity contribution is -0.311. The van der Waals surface area contributed by atoms with Crippen molar-refractivity contribution in [1.82, 2.24) is 0 Å². The van der Waals surface area contributed by atoms with Gasteiger partial charge in [0.25, 0.3) is 0 Å². The number of carboxylic acids is 1. The van der Waals surface area contributed by atoms with Crippen molar-refractivity contribution in [1.29, 1.82) is 0 Å². The maximum Gasteiger partial charge on any atom is 0.335 e. The Balaban J connectivity index is 2.11. The molecule has 0 radical (unpaired) electrons. The predicted molar refractivity (Wildman–Crippen MR) is 80.5 cm³/mol. The van der Waals surface area contributed by atoms with Gasteiger partial charge in [0.2, 0.25) is 0 Å². The first kappa shape index (κ1) is 18.6. The predicted octanol–water partition coefficient (Wildman–Crippen LogP) is 0.356. The number of aliphatic hydroxyl groups is 3. The number of hydrogen-bond acceptors (Lipinski definition) is 6. The summed E-state index contributed by atoms with van der Waals surface area (Å²) in [5.41, 5.74) is 0.